The summed E-state index contributed by atoms with van der Waals surface area (Å²) in [6.45, 7) is 7.31. The van der Waals surface area contributed by atoms with Gasteiger partial charge in [-0.3, -0.25) is 4.79 Å². The lowest BCUT2D eigenvalue weighted by Gasteiger charge is -2.14. The molecule has 0 heterocycles. The van der Waals surface area contributed by atoms with E-state index in [9.17, 15) is 4.79 Å². The molecule has 1 aromatic carbocycles. The number of amides is 1. The molecular formula is C16H27ClN2O2. The number of aryl methyl sites for hydroxylation is 1. The first-order chi connectivity index (χ1) is 9.50. The highest BCUT2D eigenvalue weighted by Crippen LogP contribution is 2.15. The van der Waals surface area contributed by atoms with Crippen LogP contribution >= 0.6 is 12.4 Å². The standard InChI is InChI=1S/C16H26N2O2.ClH/c1-12(2)11-14(17)16(19)18-9-6-10-20-15-8-5-4-7-13(15)3;/h4-5,7-8,12,14H,6,9-11,17H2,1-3H3,(H,18,19);1H/t14-;/m0./s1. The molecule has 0 aliphatic carbocycles. The van der Waals surface area contributed by atoms with Crippen molar-refractivity contribution in [3.8, 4) is 5.75 Å². The van der Waals surface area contributed by atoms with Crippen molar-refractivity contribution in [3.05, 3.63) is 29.8 Å². The van der Waals surface area contributed by atoms with Crippen molar-refractivity contribution in [1.82, 2.24) is 5.32 Å². The molecule has 0 aromatic heterocycles. The highest BCUT2D eigenvalue weighted by molar-refractivity contribution is 5.85. The first-order valence-electron chi connectivity index (χ1n) is 7.22. The van der Waals surface area contributed by atoms with Gasteiger partial charge in [-0.1, -0.05) is 32.0 Å². The first kappa shape index (κ1) is 19.7. The first-order valence-corrected chi connectivity index (χ1v) is 7.22. The van der Waals surface area contributed by atoms with Crippen LogP contribution < -0.4 is 15.8 Å². The zero-order valence-electron chi connectivity index (χ0n) is 13.1. The van der Waals surface area contributed by atoms with Crippen molar-refractivity contribution in [2.24, 2.45) is 11.7 Å². The van der Waals surface area contributed by atoms with E-state index >= 15 is 0 Å². The van der Waals surface area contributed by atoms with Crippen LogP contribution in [0.1, 0.15) is 32.3 Å². The largest absolute Gasteiger partial charge is 0.493 e. The van der Waals surface area contributed by atoms with Crippen molar-refractivity contribution in [1.29, 1.82) is 0 Å². The Morgan fingerprint density at radius 3 is 2.62 bits per heavy atom. The van der Waals surface area contributed by atoms with E-state index in [1.54, 1.807) is 0 Å². The fraction of sp³-hybridized carbons (Fsp3) is 0.562. The lowest BCUT2D eigenvalue weighted by molar-refractivity contribution is -0.122. The van der Waals surface area contributed by atoms with Crippen molar-refractivity contribution >= 4 is 18.3 Å². The summed E-state index contributed by atoms with van der Waals surface area (Å²) < 4.78 is 5.66. The molecule has 1 aromatic rings. The van der Waals surface area contributed by atoms with Gasteiger partial charge in [0.15, 0.2) is 0 Å². The van der Waals surface area contributed by atoms with Crippen molar-refractivity contribution in [2.45, 2.75) is 39.7 Å². The Hall–Kier alpha value is -1.26. The average molecular weight is 315 g/mol. The van der Waals surface area contributed by atoms with Gasteiger partial charge >= 0.3 is 0 Å². The third-order valence-electron chi connectivity index (χ3n) is 3.03. The molecule has 0 radical (unpaired) electrons. The molecule has 4 nitrogen and oxygen atoms in total. The Kier molecular flexibility index (Phi) is 9.84. The number of halogens is 1. The normalized spacial score (nSPS) is 11.7. The van der Waals surface area contributed by atoms with Gasteiger partial charge in [-0.15, -0.1) is 12.4 Å². The molecule has 0 bridgehead atoms. The van der Waals surface area contributed by atoms with E-state index in [0.29, 0.717) is 25.5 Å². The van der Waals surface area contributed by atoms with E-state index in [1.807, 2.05) is 31.2 Å². The number of hydrogen-bond donors (Lipinski definition) is 2. The SMILES string of the molecule is Cc1ccccc1OCCCNC(=O)[C@@H](N)CC(C)C.Cl. The lowest BCUT2D eigenvalue weighted by Crippen LogP contribution is -2.41. The van der Waals surface area contributed by atoms with Crippen molar-refractivity contribution in [2.75, 3.05) is 13.2 Å². The zero-order chi connectivity index (χ0) is 15.0. The molecule has 0 aliphatic rings. The third kappa shape index (κ3) is 7.93. The highest BCUT2D eigenvalue weighted by Gasteiger charge is 2.13. The van der Waals surface area contributed by atoms with Gasteiger partial charge in [0, 0.05) is 6.54 Å². The minimum Gasteiger partial charge on any atom is -0.493 e. The number of carbonyl (C=O) groups is 1. The number of hydrogen-bond acceptors (Lipinski definition) is 3. The summed E-state index contributed by atoms with van der Waals surface area (Å²) in [6.07, 6.45) is 1.49. The molecule has 0 unspecified atom stereocenters. The number of carbonyl (C=O) groups excluding carboxylic acids is 1. The van der Waals surface area contributed by atoms with E-state index in [0.717, 1.165) is 17.7 Å². The van der Waals surface area contributed by atoms with Crippen LogP contribution in [0, 0.1) is 12.8 Å². The minimum atomic E-state index is -0.410. The van der Waals surface area contributed by atoms with Crippen LogP contribution in [0.4, 0.5) is 0 Å². The van der Waals surface area contributed by atoms with Crippen LogP contribution in [-0.4, -0.2) is 25.1 Å². The van der Waals surface area contributed by atoms with Gasteiger partial charge < -0.3 is 15.8 Å². The Morgan fingerprint density at radius 1 is 1.33 bits per heavy atom. The van der Waals surface area contributed by atoms with Gasteiger partial charge in [0.1, 0.15) is 5.75 Å². The van der Waals surface area contributed by atoms with Crippen LogP contribution in [-0.2, 0) is 4.79 Å². The molecular weight excluding hydrogens is 288 g/mol. The molecule has 0 saturated carbocycles. The summed E-state index contributed by atoms with van der Waals surface area (Å²) in [5, 5.41) is 2.84. The molecule has 0 fully saturated rings. The van der Waals surface area contributed by atoms with Gasteiger partial charge in [0.25, 0.3) is 0 Å². The van der Waals surface area contributed by atoms with Gasteiger partial charge in [-0.05, 0) is 37.3 Å². The zero-order valence-corrected chi connectivity index (χ0v) is 13.9. The maximum absolute atomic E-state index is 11.7. The fourth-order valence-electron chi connectivity index (χ4n) is 1.93. The van der Waals surface area contributed by atoms with Crippen LogP contribution in [0.3, 0.4) is 0 Å². The highest BCUT2D eigenvalue weighted by atomic mass is 35.5. The van der Waals surface area contributed by atoms with E-state index in [4.69, 9.17) is 10.5 Å². The fourth-order valence-corrected chi connectivity index (χ4v) is 1.93. The van der Waals surface area contributed by atoms with Crippen LogP contribution in [0.15, 0.2) is 24.3 Å². The Balaban J connectivity index is 0.00000400. The van der Waals surface area contributed by atoms with E-state index in [2.05, 4.69) is 19.2 Å². The topological polar surface area (TPSA) is 64.3 Å². The maximum atomic E-state index is 11.7. The second-order valence-electron chi connectivity index (χ2n) is 5.49. The minimum absolute atomic E-state index is 0. The number of nitrogens with two attached hydrogens (primary N) is 1. The number of para-hydroxylation sites is 1. The molecule has 0 spiro atoms. The maximum Gasteiger partial charge on any atom is 0.236 e. The van der Waals surface area contributed by atoms with E-state index in [-0.39, 0.29) is 18.3 Å². The molecule has 1 amide bonds. The Labute approximate surface area is 133 Å². The summed E-state index contributed by atoms with van der Waals surface area (Å²) in [4.78, 5) is 11.7. The number of benzene rings is 1. The smallest absolute Gasteiger partial charge is 0.236 e. The summed E-state index contributed by atoms with van der Waals surface area (Å²) in [6, 6.07) is 7.49. The summed E-state index contributed by atoms with van der Waals surface area (Å²) >= 11 is 0. The van der Waals surface area contributed by atoms with Crippen LogP contribution in [0.5, 0.6) is 5.75 Å². The third-order valence-corrected chi connectivity index (χ3v) is 3.03. The summed E-state index contributed by atoms with van der Waals surface area (Å²) in [7, 11) is 0. The second-order valence-corrected chi connectivity index (χ2v) is 5.49. The van der Waals surface area contributed by atoms with Gasteiger partial charge in [0.05, 0.1) is 12.6 Å². The van der Waals surface area contributed by atoms with Gasteiger partial charge in [0.2, 0.25) is 5.91 Å². The predicted octanol–water partition coefficient (Wildman–Crippen LogP) is 2.68. The lowest BCUT2D eigenvalue weighted by atomic mass is 10.0. The number of rotatable bonds is 8. The molecule has 1 rings (SSSR count). The number of ether oxygens (including phenoxy) is 1. The van der Waals surface area contributed by atoms with Gasteiger partial charge in [-0.2, -0.15) is 0 Å². The molecule has 1 atom stereocenters. The van der Waals surface area contributed by atoms with Crippen molar-refractivity contribution in [3.63, 3.8) is 0 Å². The monoisotopic (exact) mass is 314 g/mol. The van der Waals surface area contributed by atoms with Crippen molar-refractivity contribution < 1.29 is 9.53 Å². The quantitative estimate of drug-likeness (QED) is 0.725. The Morgan fingerprint density at radius 2 is 2.00 bits per heavy atom. The molecule has 0 saturated heterocycles. The van der Waals surface area contributed by atoms with Gasteiger partial charge in [-0.25, -0.2) is 0 Å². The molecule has 5 heteroatoms. The predicted molar refractivity (Wildman–Crippen MR) is 89.0 cm³/mol. The van der Waals surface area contributed by atoms with Crippen LogP contribution in [0.2, 0.25) is 0 Å². The van der Waals surface area contributed by atoms with E-state index in [1.165, 1.54) is 0 Å². The van der Waals surface area contributed by atoms with E-state index < -0.39 is 6.04 Å². The Bertz CT molecular complexity index is 424. The molecule has 3 N–H and O–H groups in total. The average Bonchev–Trinajstić information content (AvgIpc) is 2.39. The number of nitrogens with one attached hydrogen (secondary N) is 1. The molecule has 120 valence electrons. The summed E-state index contributed by atoms with van der Waals surface area (Å²) in [5.41, 5.74) is 6.92. The second kappa shape index (κ2) is 10.5. The molecule has 0 aliphatic heterocycles. The van der Waals surface area contributed by atoms with Crippen LogP contribution in [0.25, 0.3) is 0 Å². The summed E-state index contributed by atoms with van der Waals surface area (Å²) in [5.74, 6) is 1.25. The molecule has 21 heavy (non-hydrogen) atoms.